The molecule has 0 spiro atoms. The first kappa shape index (κ1) is 11.0. The van der Waals surface area contributed by atoms with Crippen molar-refractivity contribution >= 4 is 11.8 Å². The van der Waals surface area contributed by atoms with Crippen molar-refractivity contribution in [2.45, 2.75) is 42.8 Å². The number of aliphatic hydroxyl groups is 1. The molecule has 15 heavy (non-hydrogen) atoms. The van der Waals surface area contributed by atoms with Gasteiger partial charge in [-0.15, -0.1) is 0 Å². The summed E-state index contributed by atoms with van der Waals surface area (Å²) in [6.45, 7) is 3.98. The molecule has 1 aliphatic carbocycles. The minimum Gasteiger partial charge on any atom is -0.392 e. The van der Waals surface area contributed by atoms with Crippen LogP contribution in [0, 0.1) is 0 Å². The fraction of sp³-hybridized carbons (Fsp3) is 0.538. The lowest BCUT2D eigenvalue weighted by Crippen LogP contribution is -2.16. The van der Waals surface area contributed by atoms with Crippen molar-refractivity contribution in [1.29, 1.82) is 0 Å². The average Bonchev–Trinajstić information content (AvgIpc) is 2.98. The molecular weight excluding hydrogens is 204 g/mol. The maximum atomic E-state index is 9.43. The van der Waals surface area contributed by atoms with Gasteiger partial charge in [-0.1, -0.05) is 37.3 Å². The van der Waals surface area contributed by atoms with Gasteiger partial charge in [0.2, 0.25) is 0 Å². The van der Waals surface area contributed by atoms with Crippen LogP contribution >= 0.6 is 11.8 Å². The smallest absolute Gasteiger partial charge is 0.0628 e. The summed E-state index contributed by atoms with van der Waals surface area (Å²) in [4.78, 5) is 0. The average molecular weight is 222 g/mol. The van der Waals surface area contributed by atoms with Crippen LogP contribution in [0.1, 0.15) is 31.7 Å². The summed E-state index contributed by atoms with van der Waals surface area (Å²) in [5.41, 5.74) is 1.45. The molecule has 82 valence electrons. The number of hydrogen-bond acceptors (Lipinski definition) is 2. The summed E-state index contributed by atoms with van der Waals surface area (Å²) in [6, 6.07) is 10.7. The van der Waals surface area contributed by atoms with E-state index in [1.54, 1.807) is 0 Å². The molecule has 1 nitrogen and oxygen atoms in total. The summed E-state index contributed by atoms with van der Waals surface area (Å²) in [5, 5.41) is 10.5. The molecule has 0 bridgehead atoms. The van der Waals surface area contributed by atoms with Crippen molar-refractivity contribution in [2.75, 3.05) is 0 Å². The summed E-state index contributed by atoms with van der Waals surface area (Å²) in [7, 11) is 0. The lowest BCUT2D eigenvalue weighted by molar-refractivity contribution is 0.196. The zero-order valence-corrected chi connectivity index (χ0v) is 10.1. The van der Waals surface area contributed by atoms with Crippen molar-refractivity contribution in [3.05, 3.63) is 35.9 Å². The molecular formula is C13H18OS. The SMILES string of the molecule is CC(O)C(C)SC1CC1c1ccccc1. The molecule has 1 aromatic carbocycles. The van der Waals surface area contributed by atoms with Gasteiger partial charge in [0.1, 0.15) is 0 Å². The minimum atomic E-state index is -0.202. The van der Waals surface area contributed by atoms with Crippen molar-refractivity contribution in [3.63, 3.8) is 0 Å². The Labute approximate surface area is 95.9 Å². The van der Waals surface area contributed by atoms with Gasteiger partial charge in [0.25, 0.3) is 0 Å². The van der Waals surface area contributed by atoms with E-state index in [0.717, 1.165) is 11.2 Å². The third-order valence-electron chi connectivity index (χ3n) is 3.03. The normalized spacial score (nSPS) is 28.5. The maximum Gasteiger partial charge on any atom is 0.0628 e. The van der Waals surface area contributed by atoms with E-state index >= 15 is 0 Å². The van der Waals surface area contributed by atoms with Gasteiger partial charge >= 0.3 is 0 Å². The Morgan fingerprint density at radius 2 is 1.93 bits per heavy atom. The molecule has 4 atom stereocenters. The largest absolute Gasteiger partial charge is 0.392 e. The monoisotopic (exact) mass is 222 g/mol. The Bertz CT molecular complexity index is 310. The summed E-state index contributed by atoms with van der Waals surface area (Å²) >= 11 is 1.93. The van der Waals surface area contributed by atoms with E-state index in [2.05, 4.69) is 37.3 Å². The number of rotatable bonds is 4. The maximum absolute atomic E-state index is 9.43. The second-order valence-electron chi connectivity index (χ2n) is 4.37. The molecule has 2 heteroatoms. The number of aliphatic hydroxyl groups excluding tert-OH is 1. The summed E-state index contributed by atoms with van der Waals surface area (Å²) < 4.78 is 0. The van der Waals surface area contributed by atoms with Crippen molar-refractivity contribution in [2.24, 2.45) is 0 Å². The van der Waals surface area contributed by atoms with Crippen LogP contribution in [0.3, 0.4) is 0 Å². The van der Waals surface area contributed by atoms with Crippen molar-refractivity contribution in [1.82, 2.24) is 0 Å². The predicted molar refractivity (Wildman–Crippen MR) is 66.3 cm³/mol. The van der Waals surface area contributed by atoms with Crippen LogP contribution in [-0.4, -0.2) is 21.7 Å². The zero-order valence-electron chi connectivity index (χ0n) is 9.26. The number of hydrogen-bond donors (Lipinski definition) is 1. The van der Waals surface area contributed by atoms with Gasteiger partial charge in [0.15, 0.2) is 0 Å². The number of thioether (sulfide) groups is 1. The standard InChI is InChI=1S/C13H18OS/c1-9(14)10(2)15-13-8-12(13)11-6-4-3-5-7-11/h3-7,9-10,12-14H,8H2,1-2H3. The highest BCUT2D eigenvalue weighted by molar-refractivity contribution is 8.00. The minimum absolute atomic E-state index is 0.202. The second kappa shape index (κ2) is 4.58. The first-order chi connectivity index (χ1) is 7.18. The third kappa shape index (κ3) is 2.76. The molecule has 0 heterocycles. The van der Waals surface area contributed by atoms with E-state index in [1.165, 1.54) is 12.0 Å². The van der Waals surface area contributed by atoms with Crippen LogP contribution in [-0.2, 0) is 0 Å². The molecule has 0 saturated heterocycles. The molecule has 0 aliphatic heterocycles. The van der Waals surface area contributed by atoms with E-state index < -0.39 is 0 Å². The van der Waals surface area contributed by atoms with Crippen LogP contribution < -0.4 is 0 Å². The predicted octanol–water partition coefficient (Wildman–Crippen LogP) is 3.05. The van der Waals surface area contributed by atoms with E-state index in [4.69, 9.17) is 0 Å². The van der Waals surface area contributed by atoms with Gasteiger partial charge in [0.05, 0.1) is 6.10 Å². The molecule has 4 unspecified atom stereocenters. The van der Waals surface area contributed by atoms with Gasteiger partial charge in [0, 0.05) is 10.5 Å². The molecule has 1 aromatic rings. The third-order valence-corrected chi connectivity index (χ3v) is 4.72. The Hall–Kier alpha value is -0.470. The fourth-order valence-electron chi connectivity index (χ4n) is 1.76. The second-order valence-corrected chi connectivity index (χ2v) is 5.99. The molecule has 0 aromatic heterocycles. The molecule has 2 rings (SSSR count). The van der Waals surface area contributed by atoms with Crippen molar-refractivity contribution < 1.29 is 5.11 Å². The first-order valence-electron chi connectivity index (χ1n) is 5.57. The van der Waals surface area contributed by atoms with Gasteiger partial charge in [-0.3, -0.25) is 0 Å². The Balaban J connectivity index is 1.87. The molecule has 1 aliphatic rings. The molecule has 0 radical (unpaired) electrons. The van der Waals surface area contributed by atoms with E-state index in [1.807, 2.05) is 18.7 Å². The van der Waals surface area contributed by atoms with E-state index in [9.17, 15) is 5.11 Å². The quantitative estimate of drug-likeness (QED) is 0.845. The van der Waals surface area contributed by atoms with E-state index in [0.29, 0.717) is 5.25 Å². The van der Waals surface area contributed by atoms with E-state index in [-0.39, 0.29) is 6.10 Å². The summed E-state index contributed by atoms with van der Waals surface area (Å²) in [6.07, 6.45) is 1.07. The highest BCUT2D eigenvalue weighted by atomic mass is 32.2. The highest BCUT2D eigenvalue weighted by Gasteiger charge is 2.40. The van der Waals surface area contributed by atoms with Crippen LogP contribution in [0.2, 0.25) is 0 Å². The topological polar surface area (TPSA) is 20.2 Å². The zero-order chi connectivity index (χ0) is 10.8. The molecule has 1 N–H and O–H groups in total. The van der Waals surface area contributed by atoms with Gasteiger partial charge in [-0.05, 0) is 24.8 Å². The van der Waals surface area contributed by atoms with Crippen LogP contribution in [0.15, 0.2) is 30.3 Å². The Kier molecular flexibility index (Phi) is 3.37. The fourth-order valence-corrected chi connectivity index (χ4v) is 3.21. The Morgan fingerprint density at radius 3 is 2.53 bits per heavy atom. The van der Waals surface area contributed by atoms with Gasteiger partial charge in [-0.2, -0.15) is 11.8 Å². The van der Waals surface area contributed by atoms with Gasteiger partial charge < -0.3 is 5.11 Å². The van der Waals surface area contributed by atoms with Crippen molar-refractivity contribution in [3.8, 4) is 0 Å². The van der Waals surface area contributed by atoms with Crippen LogP contribution in [0.25, 0.3) is 0 Å². The number of benzene rings is 1. The van der Waals surface area contributed by atoms with Crippen LogP contribution in [0.5, 0.6) is 0 Å². The first-order valence-corrected chi connectivity index (χ1v) is 6.51. The molecule has 1 saturated carbocycles. The Morgan fingerprint density at radius 1 is 1.27 bits per heavy atom. The molecule has 0 amide bonds. The summed E-state index contributed by atoms with van der Waals surface area (Å²) in [5.74, 6) is 0.720. The molecule has 1 fully saturated rings. The lowest BCUT2D eigenvalue weighted by atomic mass is 10.1. The lowest BCUT2D eigenvalue weighted by Gasteiger charge is -2.13. The van der Waals surface area contributed by atoms with Gasteiger partial charge in [-0.25, -0.2) is 0 Å². The highest BCUT2D eigenvalue weighted by Crippen LogP contribution is 2.50. The van der Waals surface area contributed by atoms with Crippen LogP contribution in [0.4, 0.5) is 0 Å².